The van der Waals surface area contributed by atoms with Crippen LogP contribution in [0.1, 0.15) is 42.6 Å². The second-order valence-corrected chi connectivity index (χ2v) is 4.47. The Morgan fingerprint density at radius 2 is 1.89 bits per heavy atom. The first-order valence-corrected chi connectivity index (χ1v) is 6.50. The third kappa shape index (κ3) is 3.47. The lowest BCUT2D eigenvalue weighted by atomic mass is 10.1. The number of rotatable bonds is 6. The number of carbonyl (C=O) groups is 1. The first-order chi connectivity index (χ1) is 8.63. The third-order valence-corrected chi connectivity index (χ3v) is 2.90. The number of hydrogen-bond acceptors (Lipinski definition) is 3. The predicted molar refractivity (Wildman–Crippen MR) is 75.5 cm³/mol. The maximum atomic E-state index is 12.4. The number of hydrogen-bond donors (Lipinski definition) is 2. The molecule has 4 nitrogen and oxygen atoms in total. The average Bonchev–Trinajstić information content (AvgIpc) is 2.37. The number of carbonyl (C=O) groups excluding carboxylic acids is 1. The van der Waals surface area contributed by atoms with E-state index in [-0.39, 0.29) is 5.91 Å². The normalized spacial score (nSPS) is 10.2. The van der Waals surface area contributed by atoms with Crippen LogP contribution in [0.25, 0.3) is 0 Å². The number of benzene rings is 1. The molecule has 4 heteroatoms. The molecule has 0 saturated carbocycles. The van der Waals surface area contributed by atoms with Crippen LogP contribution in [0.4, 0.5) is 5.69 Å². The maximum Gasteiger partial charge on any atom is 0.253 e. The number of hydrazine groups is 1. The third-order valence-electron chi connectivity index (χ3n) is 2.90. The molecule has 0 aliphatic carbocycles. The molecule has 0 atom stereocenters. The fourth-order valence-electron chi connectivity index (χ4n) is 2.00. The van der Waals surface area contributed by atoms with E-state index in [4.69, 9.17) is 5.84 Å². The van der Waals surface area contributed by atoms with Gasteiger partial charge in [-0.2, -0.15) is 0 Å². The van der Waals surface area contributed by atoms with Crippen LogP contribution in [-0.4, -0.2) is 23.9 Å². The van der Waals surface area contributed by atoms with Gasteiger partial charge in [0.05, 0.1) is 5.69 Å². The number of aryl methyl sites for hydroxylation is 1. The molecule has 0 heterocycles. The van der Waals surface area contributed by atoms with Crippen LogP contribution in [0.5, 0.6) is 0 Å². The van der Waals surface area contributed by atoms with Crippen LogP contribution in [0.2, 0.25) is 0 Å². The summed E-state index contributed by atoms with van der Waals surface area (Å²) in [5, 5.41) is 0. The Hall–Kier alpha value is -1.55. The van der Waals surface area contributed by atoms with Crippen LogP contribution in [0.3, 0.4) is 0 Å². The lowest BCUT2D eigenvalue weighted by molar-refractivity contribution is 0.0755. The van der Waals surface area contributed by atoms with E-state index in [1.807, 2.05) is 30.0 Å². The Morgan fingerprint density at radius 3 is 2.33 bits per heavy atom. The van der Waals surface area contributed by atoms with Crippen molar-refractivity contribution in [3.05, 3.63) is 29.3 Å². The first-order valence-electron chi connectivity index (χ1n) is 6.50. The fraction of sp³-hybridized carbons (Fsp3) is 0.500. The number of anilines is 1. The molecule has 0 aliphatic rings. The van der Waals surface area contributed by atoms with Crippen LogP contribution in [0, 0.1) is 6.92 Å². The van der Waals surface area contributed by atoms with Gasteiger partial charge in [0.25, 0.3) is 5.91 Å². The summed E-state index contributed by atoms with van der Waals surface area (Å²) in [6.45, 7) is 7.73. The zero-order chi connectivity index (χ0) is 13.5. The Bertz CT molecular complexity index is 398. The summed E-state index contributed by atoms with van der Waals surface area (Å²) in [4.78, 5) is 14.3. The van der Waals surface area contributed by atoms with Gasteiger partial charge in [0.1, 0.15) is 0 Å². The quantitative estimate of drug-likeness (QED) is 0.601. The summed E-state index contributed by atoms with van der Waals surface area (Å²) in [5.41, 5.74) is 5.18. The van der Waals surface area contributed by atoms with Crippen LogP contribution in [-0.2, 0) is 0 Å². The van der Waals surface area contributed by atoms with Gasteiger partial charge in [-0.25, -0.2) is 0 Å². The van der Waals surface area contributed by atoms with Crippen molar-refractivity contribution in [2.75, 3.05) is 18.5 Å². The van der Waals surface area contributed by atoms with E-state index >= 15 is 0 Å². The molecule has 0 aliphatic heterocycles. The maximum absolute atomic E-state index is 12.4. The number of nitrogens with two attached hydrogens (primary N) is 1. The van der Waals surface area contributed by atoms with Crippen LogP contribution < -0.4 is 11.3 Å². The van der Waals surface area contributed by atoms with Gasteiger partial charge in [0.15, 0.2) is 0 Å². The van der Waals surface area contributed by atoms with Crippen molar-refractivity contribution >= 4 is 11.6 Å². The molecule has 3 N–H and O–H groups in total. The number of nitrogens with zero attached hydrogens (tertiary/aromatic N) is 1. The molecule has 1 amide bonds. The molecular weight excluding hydrogens is 226 g/mol. The zero-order valence-electron chi connectivity index (χ0n) is 11.5. The fourth-order valence-corrected chi connectivity index (χ4v) is 2.00. The van der Waals surface area contributed by atoms with Gasteiger partial charge in [-0.15, -0.1) is 0 Å². The second-order valence-electron chi connectivity index (χ2n) is 4.47. The number of amides is 1. The van der Waals surface area contributed by atoms with Crippen LogP contribution >= 0.6 is 0 Å². The van der Waals surface area contributed by atoms with E-state index in [2.05, 4.69) is 19.3 Å². The van der Waals surface area contributed by atoms with E-state index in [9.17, 15) is 4.79 Å². The van der Waals surface area contributed by atoms with Crippen molar-refractivity contribution in [1.29, 1.82) is 0 Å². The molecule has 18 heavy (non-hydrogen) atoms. The van der Waals surface area contributed by atoms with Crippen LogP contribution in [0.15, 0.2) is 18.2 Å². The molecule has 0 bridgehead atoms. The largest absolute Gasteiger partial charge is 0.339 e. The van der Waals surface area contributed by atoms with Gasteiger partial charge in [0.2, 0.25) is 0 Å². The van der Waals surface area contributed by atoms with Gasteiger partial charge >= 0.3 is 0 Å². The van der Waals surface area contributed by atoms with E-state index < -0.39 is 0 Å². The smallest absolute Gasteiger partial charge is 0.253 e. The Morgan fingerprint density at radius 1 is 1.28 bits per heavy atom. The highest BCUT2D eigenvalue weighted by molar-refractivity contribution is 5.94. The number of nitrogens with one attached hydrogen (secondary N) is 1. The molecule has 1 rings (SSSR count). The molecule has 1 aromatic carbocycles. The van der Waals surface area contributed by atoms with E-state index in [0.717, 1.165) is 42.7 Å². The van der Waals surface area contributed by atoms with Gasteiger partial charge in [0, 0.05) is 18.7 Å². The lowest BCUT2D eigenvalue weighted by Gasteiger charge is -2.22. The van der Waals surface area contributed by atoms with Crippen molar-refractivity contribution < 1.29 is 4.79 Å². The minimum atomic E-state index is 0.102. The van der Waals surface area contributed by atoms with Crippen molar-refractivity contribution in [2.24, 2.45) is 5.84 Å². The predicted octanol–water partition coefficient (Wildman–Crippen LogP) is 2.54. The van der Waals surface area contributed by atoms with Crippen molar-refractivity contribution in [3.8, 4) is 0 Å². The molecule has 0 spiro atoms. The van der Waals surface area contributed by atoms with Crippen molar-refractivity contribution in [1.82, 2.24) is 4.90 Å². The van der Waals surface area contributed by atoms with E-state index in [1.165, 1.54) is 0 Å². The number of nitrogen functional groups attached to an aromatic ring is 1. The first kappa shape index (κ1) is 14.5. The summed E-state index contributed by atoms with van der Waals surface area (Å²) in [6, 6.07) is 5.55. The summed E-state index contributed by atoms with van der Waals surface area (Å²) in [6.07, 6.45) is 1.96. The average molecular weight is 249 g/mol. The summed E-state index contributed by atoms with van der Waals surface area (Å²) in [5.74, 6) is 5.49. The zero-order valence-corrected chi connectivity index (χ0v) is 11.5. The highest BCUT2D eigenvalue weighted by atomic mass is 16.2. The minimum Gasteiger partial charge on any atom is -0.339 e. The van der Waals surface area contributed by atoms with Gasteiger partial charge in [-0.05, 0) is 43.5 Å². The SMILES string of the molecule is CCCN(CCC)C(=O)c1ccc(NN)c(C)c1. The monoisotopic (exact) mass is 249 g/mol. The second kappa shape index (κ2) is 7.01. The molecule has 0 unspecified atom stereocenters. The molecule has 0 radical (unpaired) electrons. The topological polar surface area (TPSA) is 58.4 Å². The Balaban J connectivity index is 2.90. The molecule has 1 aromatic rings. The molecule has 0 fully saturated rings. The van der Waals surface area contributed by atoms with Gasteiger partial charge < -0.3 is 10.3 Å². The summed E-state index contributed by atoms with van der Waals surface area (Å²) in [7, 11) is 0. The van der Waals surface area contributed by atoms with Crippen molar-refractivity contribution in [2.45, 2.75) is 33.6 Å². The van der Waals surface area contributed by atoms with Gasteiger partial charge in [-0.3, -0.25) is 10.6 Å². The minimum absolute atomic E-state index is 0.102. The van der Waals surface area contributed by atoms with E-state index in [0.29, 0.717) is 0 Å². The Labute approximate surface area is 109 Å². The molecular formula is C14H23N3O. The van der Waals surface area contributed by atoms with E-state index in [1.54, 1.807) is 0 Å². The lowest BCUT2D eigenvalue weighted by Crippen LogP contribution is -2.32. The highest BCUT2D eigenvalue weighted by Crippen LogP contribution is 2.16. The molecule has 100 valence electrons. The molecule has 0 saturated heterocycles. The summed E-state index contributed by atoms with van der Waals surface area (Å²) < 4.78 is 0. The molecule has 0 aromatic heterocycles. The van der Waals surface area contributed by atoms with Gasteiger partial charge in [-0.1, -0.05) is 13.8 Å². The standard InChI is InChI=1S/C14H23N3O/c1-4-8-17(9-5-2)14(18)12-6-7-13(16-15)11(3)10-12/h6-7,10,16H,4-5,8-9,15H2,1-3H3. The summed E-state index contributed by atoms with van der Waals surface area (Å²) >= 11 is 0. The highest BCUT2D eigenvalue weighted by Gasteiger charge is 2.14. The Kier molecular flexibility index (Phi) is 5.65. The van der Waals surface area contributed by atoms with Crippen molar-refractivity contribution in [3.63, 3.8) is 0 Å².